The predicted molar refractivity (Wildman–Crippen MR) is 59.8 cm³/mol. The molecule has 1 heterocycles. The van der Waals surface area contributed by atoms with Crippen LogP contribution in [0.5, 0.6) is 0 Å². The lowest BCUT2D eigenvalue weighted by atomic mass is 10.1. The summed E-state index contributed by atoms with van der Waals surface area (Å²) >= 11 is 3.36. The molecule has 0 aliphatic carbocycles. The molecule has 0 aliphatic rings. The summed E-state index contributed by atoms with van der Waals surface area (Å²) in [5, 5.41) is 9.88. The Morgan fingerprint density at radius 3 is 2.93 bits per heavy atom. The Bertz CT molecular complexity index is 485. The second-order valence-electron chi connectivity index (χ2n) is 3.02. The van der Waals surface area contributed by atoms with Crippen molar-refractivity contribution >= 4 is 32.5 Å². The summed E-state index contributed by atoms with van der Waals surface area (Å²) in [6.45, 7) is -0.0785. The number of nitrogens with two attached hydrogens (primary N) is 1. The number of fused-ring (bicyclic) bond motifs is 1. The molecular weight excluding hydrogens is 244 g/mol. The topological polar surface area (TPSA) is 59.1 Å². The fourth-order valence-electron chi connectivity index (χ4n) is 1.36. The molecule has 4 heteroatoms. The number of aromatic nitrogens is 1. The molecule has 1 aromatic carbocycles. The van der Waals surface area contributed by atoms with Crippen LogP contribution in [0.15, 0.2) is 28.9 Å². The van der Waals surface area contributed by atoms with Gasteiger partial charge in [0.25, 0.3) is 0 Å². The van der Waals surface area contributed by atoms with E-state index in [1.54, 1.807) is 6.20 Å². The first-order chi connectivity index (χ1) is 6.72. The van der Waals surface area contributed by atoms with E-state index in [-0.39, 0.29) is 6.61 Å². The van der Waals surface area contributed by atoms with E-state index in [4.69, 9.17) is 10.8 Å². The van der Waals surface area contributed by atoms with Gasteiger partial charge < -0.3 is 10.8 Å². The molecule has 14 heavy (non-hydrogen) atoms. The van der Waals surface area contributed by atoms with Crippen LogP contribution in [0, 0.1) is 0 Å². The number of anilines is 1. The van der Waals surface area contributed by atoms with E-state index in [2.05, 4.69) is 20.9 Å². The van der Waals surface area contributed by atoms with E-state index in [1.165, 1.54) is 0 Å². The van der Waals surface area contributed by atoms with Gasteiger partial charge in [0.1, 0.15) is 0 Å². The summed E-state index contributed by atoms with van der Waals surface area (Å²) in [4.78, 5) is 4.20. The highest BCUT2D eigenvalue weighted by Gasteiger charge is 2.04. The molecule has 0 fully saturated rings. The van der Waals surface area contributed by atoms with Crippen molar-refractivity contribution < 1.29 is 5.11 Å². The summed E-state index contributed by atoms with van der Waals surface area (Å²) in [5.74, 6) is 0. The van der Waals surface area contributed by atoms with Gasteiger partial charge in [0.15, 0.2) is 0 Å². The van der Waals surface area contributed by atoms with Crippen LogP contribution in [0.1, 0.15) is 5.56 Å². The van der Waals surface area contributed by atoms with Crippen LogP contribution in [0.25, 0.3) is 10.9 Å². The monoisotopic (exact) mass is 252 g/mol. The number of hydrogen-bond donors (Lipinski definition) is 2. The third-order valence-electron chi connectivity index (χ3n) is 2.13. The first-order valence-electron chi connectivity index (χ1n) is 4.16. The predicted octanol–water partition coefficient (Wildman–Crippen LogP) is 2.07. The van der Waals surface area contributed by atoms with Gasteiger partial charge in [0.2, 0.25) is 0 Å². The van der Waals surface area contributed by atoms with Gasteiger partial charge in [-0.25, -0.2) is 0 Å². The van der Waals surface area contributed by atoms with Gasteiger partial charge >= 0.3 is 0 Å². The van der Waals surface area contributed by atoms with Gasteiger partial charge in [-0.1, -0.05) is 15.9 Å². The van der Waals surface area contributed by atoms with Crippen LogP contribution in [0.3, 0.4) is 0 Å². The van der Waals surface area contributed by atoms with Crippen molar-refractivity contribution in [3.63, 3.8) is 0 Å². The minimum Gasteiger partial charge on any atom is -0.398 e. The van der Waals surface area contributed by atoms with Gasteiger partial charge in [0, 0.05) is 27.3 Å². The Kier molecular flexibility index (Phi) is 2.39. The molecule has 0 unspecified atom stereocenters. The van der Waals surface area contributed by atoms with Crippen LogP contribution in [0.2, 0.25) is 0 Å². The van der Waals surface area contributed by atoms with E-state index in [9.17, 15) is 0 Å². The van der Waals surface area contributed by atoms with Crippen LogP contribution in [-0.2, 0) is 6.61 Å². The van der Waals surface area contributed by atoms with E-state index >= 15 is 0 Å². The molecule has 3 N–H and O–H groups in total. The minimum atomic E-state index is -0.0785. The van der Waals surface area contributed by atoms with Gasteiger partial charge in [-0.3, -0.25) is 4.98 Å². The summed E-state index contributed by atoms with van der Waals surface area (Å²) in [5.41, 5.74) is 7.96. The van der Waals surface area contributed by atoms with Crippen molar-refractivity contribution in [3.05, 3.63) is 34.4 Å². The number of benzene rings is 1. The molecule has 1 aromatic heterocycles. The second kappa shape index (κ2) is 3.55. The summed E-state index contributed by atoms with van der Waals surface area (Å²) in [7, 11) is 0. The highest BCUT2D eigenvalue weighted by molar-refractivity contribution is 9.10. The number of aliphatic hydroxyl groups excluding tert-OH is 1. The molecule has 3 nitrogen and oxygen atoms in total. The average Bonchev–Trinajstić information content (AvgIpc) is 2.18. The normalized spacial score (nSPS) is 10.7. The zero-order chi connectivity index (χ0) is 10.1. The van der Waals surface area contributed by atoms with Crippen molar-refractivity contribution in [2.24, 2.45) is 0 Å². The largest absolute Gasteiger partial charge is 0.398 e. The van der Waals surface area contributed by atoms with Gasteiger partial charge in [-0.2, -0.15) is 0 Å². The first kappa shape index (κ1) is 9.43. The van der Waals surface area contributed by atoms with Crippen LogP contribution in [0.4, 0.5) is 5.69 Å². The molecule has 72 valence electrons. The van der Waals surface area contributed by atoms with Crippen molar-refractivity contribution in [2.45, 2.75) is 6.61 Å². The zero-order valence-electron chi connectivity index (χ0n) is 7.37. The number of pyridine rings is 1. The first-order valence-corrected chi connectivity index (χ1v) is 4.95. The highest BCUT2D eigenvalue weighted by Crippen LogP contribution is 2.25. The van der Waals surface area contributed by atoms with Gasteiger partial charge in [-0.15, -0.1) is 0 Å². The molecule has 0 radical (unpaired) electrons. The number of nitrogen functional groups attached to an aromatic ring is 1. The standard InChI is InChI=1S/C10H9BrN2O/c11-7-1-2-8-9(3-7)13-4-6(5-14)10(8)12/h1-4,14H,5H2,(H2,12,13). The van der Waals surface area contributed by atoms with E-state index in [0.717, 1.165) is 15.4 Å². The number of nitrogens with zero attached hydrogens (tertiary/aromatic N) is 1. The van der Waals surface area contributed by atoms with Crippen molar-refractivity contribution in [1.82, 2.24) is 4.98 Å². The second-order valence-corrected chi connectivity index (χ2v) is 3.93. The van der Waals surface area contributed by atoms with Gasteiger partial charge in [0.05, 0.1) is 12.1 Å². The maximum atomic E-state index is 9.00. The molecule has 0 spiro atoms. The third-order valence-corrected chi connectivity index (χ3v) is 2.62. The fraction of sp³-hybridized carbons (Fsp3) is 0.100. The summed E-state index contributed by atoms with van der Waals surface area (Å²) < 4.78 is 0.966. The number of halogens is 1. The minimum absolute atomic E-state index is 0.0785. The Balaban J connectivity index is 2.77. The fourth-order valence-corrected chi connectivity index (χ4v) is 1.70. The van der Waals surface area contributed by atoms with Crippen molar-refractivity contribution in [3.8, 4) is 0 Å². The Morgan fingerprint density at radius 2 is 2.21 bits per heavy atom. The van der Waals surface area contributed by atoms with E-state index in [1.807, 2.05) is 18.2 Å². The van der Waals surface area contributed by atoms with Crippen LogP contribution < -0.4 is 5.73 Å². The lowest BCUT2D eigenvalue weighted by Gasteiger charge is -2.05. The Labute approximate surface area is 89.7 Å². The molecule has 0 saturated carbocycles. The smallest absolute Gasteiger partial charge is 0.0734 e. The maximum Gasteiger partial charge on any atom is 0.0734 e. The Morgan fingerprint density at radius 1 is 1.43 bits per heavy atom. The van der Waals surface area contributed by atoms with Gasteiger partial charge in [-0.05, 0) is 18.2 Å². The van der Waals surface area contributed by atoms with Crippen LogP contribution in [-0.4, -0.2) is 10.1 Å². The molecule has 0 aliphatic heterocycles. The summed E-state index contributed by atoms with van der Waals surface area (Å²) in [6, 6.07) is 5.69. The number of aliphatic hydroxyl groups is 1. The third kappa shape index (κ3) is 1.47. The molecule has 0 bridgehead atoms. The molecule has 2 rings (SSSR count). The molecule has 0 saturated heterocycles. The molecular formula is C10H9BrN2O. The number of hydrogen-bond acceptors (Lipinski definition) is 3. The maximum absolute atomic E-state index is 9.00. The molecule has 0 amide bonds. The Hall–Kier alpha value is -1.13. The van der Waals surface area contributed by atoms with E-state index < -0.39 is 0 Å². The number of rotatable bonds is 1. The van der Waals surface area contributed by atoms with Crippen molar-refractivity contribution in [1.29, 1.82) is 0 Å². The summed E-state index contributed by atoms with van der Waals surface area (Å²) in [6.07, 6.45) is 1.60. The lowest BCUT2D eigenvalue weighted by molar-refractivity contribution is 0.282. The highest BCUT2D eigenvalue weighted by atomic mass is 79.9. The molecule has 2 aromatic rings. The van der Waals surface area contributed by atoms with E-state index in [0.29, 0.717) is 11.3 Å². The average molecular weight is 253 g/mol. The quantitative estimate of drug-likeness (QED) is 0.817. The lowest BCUT2D eigenvalue weighted by Crippen LogP contribution is -1.96. The van der Waals surface area contributed by atoms with Crippen molar-refractivity contribution in [2.75, 3.05) is 5.73 Å². The SMILES string of the molecule is Nc1c(CO)cnc2cc(Br)ccc12. The molecule has 0 atom stereocenters. The zero-order valence-corrected chi connectivity index (χ0v) is 8.95. The van der Waals surface area contributed by atoms with Crippen LogP contribution >= 0.6 is 15.9 Å².